The Morgan fingerprint density at radius 1 is 1.11 bits per heavy atom. The maximum Gasteiger partial charge on any atom is 0.150 e. The largest absolute Gasteiger partial charge is 0.334 e. The van der Waals surface area contributed by atoms with Gasteiger partial charge in [-0.1, -0.05) is 24.3 Å². The Morgan fingerprint density at radius 3 is 2.53 bits per heavy atom. The van der Waals surface area contributed by atoms with Crippen molar-refractivity contribution in [2.45, 2.75) is 6.92 Å². The molecule has 0 radical (unpaired) electrons. The number of imidazole rings is 1. The molecule has 0 fully saturated rings. The lowest BCUT2D eigenvalue weighted by atomic mass is 10.0. The Kier molecular flexibility index (Phi) is 2.67. The second-order valence-corrected chi connectivity index (χ2v) is 4.76. The number of nitrogens with zero attached hydrogens (tertiary/aromatic N) is 2. The van der Waals surface area contributed by atoms with Crippen LogP contribution in [0.4, 0.5) is 0 Å². The molecule has 0 saturated carbocycles. The lowest BCUT2D eigenvalue weighted by Crippen LogP contribution is -1.89. The Balaban J connectivity index is 2.16. The zero-order chi connectivity index (χ0) is 13.4. The van der Waals surface area contributed by atoms with Gasteiger partial charge in [0, 0.05) is 12.6 Å². The molecule has 1 heterocycles. The number of rotatable bonds is 2. The molecule has 94 valence electrons. The van der Waals surface area contributed by atoms with E-state index in [9.17, 15) is 4.79 Å². The second-order valence-electron chi connectivity index (χ2n) is 4.76. The number of hydrogen-bond acceptors (Lipinski definition) is 2. The first-order chi connectivity index (χ1) is 9.19. The lowest BCUT2D eigenvalue weighted by Gasteiger charge is -2.06. The number of fused-ring (bicyclic) bond motifs is 1. The van der Waals surface area contributed by atoms with Gasteiger partial charge in [0.2, 0.25) is 0 Å². The monoisotopic (exact) mass is 250 g/mol. The molecule has 0 N–H and O–H groups in total. The van der Waals surface area contributed by atoms with Crippen LogP contribution in [0.25, 0.3) is 22.2 Å². The van der Waals surface area contributed by atoms with Gasteiger partial charge in [-0.25, -0.2) is 4.98 Å². The second kappa shape index (κ2) is 4.35. The predicted molar refractivity (Wildman–Crippen MR) is 76.3 cm³/mol. The summed E-state index contributed by atoms with van der Waals surface area (Å²) in [4.78, 5) is 15.1. The van der Waals surface area contributed by atoms with E-state index < -0.39 is 0 Å². The number of carbonyl (C=O) groups is 1. The molecule has 0 bridgehead atoms. The molecule has 3 heteroatoms. The minimum absolute atomic E-state index is 0.694. The Morgan fingerprint density at radius 2 is 1.84 bits per heavy atom. The SMILES string of the molecule is Cc1cc(-c2ccc(C=O)cc2)cc2ncn(C)c12. The van der Waals surface area contributed by atoms with Crippen molar-refractivity contribution >= 4 is 17.3 Å². The first kappa shape index (κ1) is 11.7. The first-order valence-electron chi connectivity index (χ1n) is 6.16. The Labute approximate surface area is 111 Å². The van der Waals surface area contributed by atoms with Gasteiger partial charge in [0.05, 0.1) is 17.4 Å². The zero-order valence-corrected chi connectivity index (χ0v) is 10.9. The summed E-state index contributed by atoms with van der Waals surface area (Å²) < 4.78 is 2.03. The maximum absolute atomic E-state index is 10.7. The van der Waals surface area contributed by atoms with Crippen LogP contribution < -0.4 is 0 Å². The van der Waals surface area contributed by atoms with Crippen LogP contribution in [-0.2, 0) is 7.05 Å². The van der Waals surface area contributed by atoms with E-state index in [4.69, 9.17) is 0 Å². The first-order valence-corrected chi connectivity index (χ1v) is 6.16. The van der Waals surface area contributed by atoms with E-state index in [1.807, 2.05) is 42.2 Å². The Hall–Kier alpha value is -2.42. The van der Waals surface area contributed by atoms with Gasteiger partial charge < -0.3 is 4.57 Å². The summed E-state index contributed by atoms with van der Waals surface area (Å²) in [5.41, 5.74) is 6.28. The van der Waals surface area contributed by atoms with Crippen LogP contribution in [0.5, 0.6) is 0 Å². The summed E-state index contributed by atoms with van der Waals surface area (Å²) in [5, 5.41) is 0. The van der Waals surface area contributed by atoms with Crippen LogP contribution in [0.2, 0.25) is 0 Å². The van der Waals surface area contributed by atoms with Crippen molar-refractivity contribution in [1.82, 2.24) is 9.55 Å². The summed E-state index contributed by atoms with van der Waals surface area (Å²) in [5.74, 6) is 0. The molecule has 0 aliphatic carbocycles. The Bertz CT molecular complexity index is 754. The van der Waals surface area contributed by atoms with Gasteiger partial charge in [-0.05, 0) is 35.7 Å². The summed E-state index contributed by atoms with van der Waals surface area (Å²) >= 11 is 0. The number of aldehydes is 1. The predicted octanol–water partition coefficient (Wildman–Crippen LogP) is 3.36. The minimum Gasteiger partial charge on any atom is -0.334 e. The molecule has 0 aliphatic heterocycles. The minimum atomic E-state index is 0.694. The van der Waals surface area contributed by atoms with Crippen LogP contribution in [0.3, 0.4) is 0 Å². The molecule has 2 aromatic carbocycles. The van der Waals surface area contributed by atoms with Crippen LogP contribution in [0.1, 0.15) is 15.9 Å². The van der Waals surface area contributed by atoms with Gasteiger partial charge in [0.1, 0.15) is 6.29 Å². The average molecular weight is 250 g/mol. The van der Waals surface area contributed by atoms with Crippen LogP contribution in [0.15, 0.2) is 42.7 Å². The molecule has 0 unspecified atom stereocenters. The fourth-order valence-electron chi connectivity index (χ4n) is 2.45. The van der Waals surface area contributed by atoms with Crippen molar-refractivity contribution in [2.24, 2.45) is 7.05 Å². The van der Waals surface area contributed by atoms with E-state index in [-0.39, 0.29) is 0 Å². The molecule has 3 aromatic rings. The molecule has 1 aromatic heterocycles. The molecule has 0 aliphatic rings. The molecular weight excluding hydrogens is 236 g/mol. The highest BCUT2D eigenvalue weighted by Gasteiger charge is 2.07. The van der Waals surface area contributed by atoms with E-state index in [0.29, 0.717) is 5.56 Å². The third-order valence-corrected chi connectivity index (χ3v) is 3.38. The van der Waals surface area contributed by atoms with Crippen molar-refractivity contribution in [2.75, 3.05) is 0 Å². The molecule has 3 nitrogen and oxygen atoms in total. The number of hydrogen-bond donors (Lipinski definition) is 0. The van der Waals surface area contributed by atoms with Crippen molar-refractivity contribution in [3.05, 3.63) is 53.9 Å². The standard InChI is InChI=1S/C16H14N2O/c1-11-7-14(8-15-16(11)18(2)10-17-15)13-5-3-12(9-19)4-6-13/h3-10H,1-2H3. The highest BCUT2D eigenvalue weighted by molar-refractivity contribution is 5.85. The summed E-state index contributed by atoms with van der Waals surface area (Å²) in [6.07, 6.45) is 2.69. The molecule has 0 atom stereocenters. The molecule has 0 amide bonds. The molecule has 19 heavy (non-hydrogen) atoms. The van der Waals surface area contributed by atoms with Crippen LogP contribution in [-0.4, -0.2) is 15.8 Å². The third-order valence-electron chi connectivity index (χ3n) is 3.38. The van der Waals surface area contributed by atoms with E-state index in [1.54, 1.807) is 0 Å². The highest BCUT2D eigenvalue weighted by atomic mass is 16.1. The van der Waals surface area contributed by atoms with Gasteiger partial charge in [0.15, 0.2) is 0 Å². The van der Waals surface area contributed by atoms with Crippen LogP contribution in [0, 0.1) is 6.92 Å². The van der Waals surface area contributed by atoms with Gasteiger partial charge in [-0.3, -0.25) is 4.79 Å². The summed E-state index contributed by atoms with van der Waals surface area (Å²) in [7, 11) is 2.00. The van der Waals surface area contributed by atoms with E-state index in [2.05, 4.69) is 24.0 Å². The van der Waals surface area contributed by atoms with Crippen LogP contribution >= 0.6 is 0 Å². The lowest BCUT2D eigenvalue weighted by molar-refractivity contribution is 0.112. The molecular formula is C16H14N2O. The number of aromatic nitrogens is 2. The fraction of sp³-hybridized carbons (Fsp3) is 0.125. The van der Waals surface area contributed by atoms with E-state index >= 15 is 0 Å². The summed E-state index contributed by atoms with van der Waals surface area (Å²) in [6, 6.07) is 11.8. The van der Waals surface area contributed by atoms with Gasteiger partial charge >= 0.3 is 0 Å². The molecule has 0 saturated heterocycles. The van der Waals surface area contributed by atoms with Gasteiger partial charge in [-0.15, -0.1) is 0 Å². The number of carbonyl (C=O) groups excluding carboxylic acids is 1. The quantitative estimate of drug-likeness (QED) is 0.654. The number of aryl methyl sites for hydroxylation is 2. The average Bonchev–Trinajstić information content (AvgIpc) is 2.81. The molecule has 3 rings (SSSR count). The smallest absolute Gasteiger partial charge is 0.150 e. The van der Waals surface area contributed by atoms with Gasteiger partial charge in [-0.2, -0.15) is 0 Å². The molecule has 0 spiro atoms. The zero-order valence-electron chi connectivity index (χ0n) is 10.9. The third kappa shape index (κ3) is 1.93. The topological polar surface area (TPSA) is 34.9 Å². The van der Waals surface area contributed by atoms with Crippen molar-refractivity contribution in [1.29, 1.82) is 0 Å². The number of benzene rings is 2. The fourth-order valence-corrected chi connectivity index (χ4v) is 2.45. The van der Waals surface area contributed by atoms with Crippen molar-refractivity contribution in [3.8, 4) is 11.1 Å². The van der Waals surface area contributed by atoms with Crippen molar-refractivity contribution in [3.63, 3.8) is 0 Å². The normalized spacial score (nSPS) is 10.8. The highest BCUT2D eigenvalue weighted by Crippen LogP contribution is 2.26. The van der Waals surface area contributed by atoms with E-state index in [1.165, 1.54) is 5.56 Å². The van der Waals surface area contributed by atoms with Crippen molar-refractivity contribution < 1.29 is 4.79 Å². The maximum atomic E-state index is 10.7. The summed E-state index contributed by atoms with van der Waals surface area (Å²) in [6.45, 7) is 2.09. The van der Waals surface area contributed by atoms with Gasteiger partial charge in [0.25, 0.3) is 0 Å². The van der Waals surface area contributed by atoms with E-state index in [0.717, 1.165) is 28.4 Å².